The Morgan fingerprint density at radius 2 is 2.09 bits per heavy atom. The van der Waals surface area contributed by atoms with E-state index in [4.69, 9.17) is 0 Å². The highest BCUT2D eigenvalue weighted by atomic mass is 19.1. The fourth-order valence-electron chi connectivity index (χ4n) is 2.08. The topological polar surface area (TPSA) is 20.3 Å². The molecular weight excluding hydrogens is 145 g/mol. The highest BCUT2D eigenvalue weighted by molar-refractivity contribution is 5.57. The number of rotatable bonds is 1. The molecule has 0 aromatic heterocycles. The van der Waals surface area contributed by atoms with Crippen LogP contribution in [0.15, 0.2) is 0 Å². The highest BCUT2D eigenvalue weighted by Crippen LogP contribution is 2.38. The van der Waals surface area contributed by atoms with E-state index in [0.29, 0.717) is 19.4 Å². The Labute approximate surface area is 65.4 Å². The Balaban J connectivity index is 2.19. The molecule has 3 aliphatic rings. The monoisotopic (exact) mass is 157 g/mol. The summed E-state index contributed by atoms with van der Waals surface area (Å²) >= 11 is 0. The van der Waals surface area contributed by atoms with Crippen LogP contribution in [0, 0.1) is 5.92 Å². The lowest BCUT2D eigenvalue weighted by molar-refractivity contribution is -0.125. The van der Waals surface area contributed by atoms with Crippen LogP contribution in [0.1, 0.15) is 12.8 Å². The molecule has 1 unspecified atom stereocenters. The van der Waals surface area contributed by atoms with Gasteiger partial charge in [-0.15, -0.1) is 0 Å². The highest BCUT2D eigenvalue weighted by Gasteiger charge is 2.47. The van der Waals surface area contributed by atoms with Crippen LogP contribution in [-0.4, -0.2) is 36.5 Å². The van der Waals surface area contributed by atoms with Crippen LogP contribution in [0.25, 0.3) is 0 Å². The third-order valence-electron chi connectivity index (χ3n) is 2.97. The zero-order valence-corrected chi connectivity index (χ0v) is 6.42. The van der Waals surface area contributed by atoms with Gasteiger partial charge in [0.25, 0.3) is 0 Å². The Hall–Kier alpha value is -0.440. The maximum atomic E-state index is 13.7. The number of aldehydes is 1. The van der Waals surface area contributed by atoms with Gasteiger partial charge in [-0.3, -0.25) is 0 Å². The lowest BCUT2D eigenvalue weighted by atomic mass is 9.77. The van der Waals surface area contributed by atoms with E-state index >= 15 is 0 Å². The first-order valence-electron chi connectivity index (χ1n) is 4.11. The molecule has 3 heterocycles. The Bertz CT molecular complexity index is 175. The minimum absolute atomic E-state index is 0.356. The molecule has 0 amide bonds. The van der Waals surface area contributed by atoms with Gasteiger partial charge in [-0.25, -0.2) is 4.39 Å². The van der Waals surface area contributed by atoms with Gasteiger partial charge in [-0.2, -0.15) is 0 Å². The molecule has 11 heavy (non-hydrogen) atoms. The van der Waals surface area contributed by atoms with Crippen molar-refractivity contribution in [3.05, 3.63) is 0 Å². The molecule has 0 aliphatic carbocycles. The Kier molecular flexibility index (Phi) is 1.49. The van der Waals surface area contributed by atoms with E-state index in [2.05, 4.69) is 4.90 Å². The largest absolute Gasteiger partial charge is 0.303 e. The van der Waals surface area contributed by atoms with Crippen LogP contribution in [0.5, 0.6) is 0 Å². The summed E-state index contributed by atoms with van der Waals surface area (Å²) in [6.07, 6.45) is 1.89. The van der Waals surface area contributed by atoms with Crippen molar-refractivity contribution in [1.82, 2.24) is 4.90 Å². The van der Waals surface area contributed by atoms with Crippen LogP contribution in [0.2, 0.25) is 0 Å². The van der Waals surface area contributed by atoms with Gasteiger partial charge in [0.1, 0.15) is 12.0 Å². The summed E-state index contributed by atoms with van der Waals surface area (Å²) in [4.78, 5) is 12.7. The van der Waals surface area contributed by atoms with Gasteiger partial charge < -0.3 is 9.69 Å². The molecular formula is C8H12FNO. The van der Waals surface area contributed by atoms with Crippen LogP contribution < -0.4 is 0 Å². The summed E-state index contributed by atoms with van der Waals surface area (Å²) in [6.45, 7) is 2.31. The van der Waals surface area contributed by atoms with Crippen LogP contribution in [-0.2, 0) is 4.79 Å². The zero-order valence-electron chi connectivity index (χ0n) is 6.42. The molecule has 0 saturated carbocycles. The first-order chi connectivity index (χ1) is 5.24. The van der Waals surface area contributed by atoms with E-state index in [0.717, 1.165) is 19.4 Å². The number of carbonyl (C=O) groups is 1. The van der Waals surface area contributed by atoms with Crippen molar-refractivity contribution < 1.29 is 9.18 Å². The lowest BCUT2D eigenvalue weighted by Gasteiger charge is -2.46. The average molecular weight is 157 g/mol. The van der Waals surface area contributed by atoms with Crippen LogP contribution >= 0.6 is 0 Å². The van der Waals surface area contributed by atoms with E-state index in [1.165, 1.54) is 0 Å². The first-order valence-corrected chi connectivity index (χ1v) is 4.11. The van der Waals surface area contributed by atoms with Crippen LogP contribution in [0.4, 0.5) is 4.39 Å². The zero-order chi connectivity index (χ0) is 7.90. The van der Waals surface area contributed by atoms with Crippen molar-refractivity contribution in [1.29, 1.82) is 0 Å². The number of fused-ring (bicyclic) bond motifs is 3. The molecule has 2 bridgehead atoms. The maximum Gasteiger partial charge on any atom is 0.127 e. The summed E-state index contributed by atoms with van der Waals surface area (Å²) in [7, 11) is 0. The van der Waals surface area contributed by atoms with Gasteiger partial charge in [0, 0.05) is 19.6 Å². The number of hydrogen-bond acceptors (Lipinski definition) is 2. The molecule has 62 valence electrons. The number of halogens is 1. The van der Waals surface area contributed by atoms with E-state index < -0.39 is 5.67 Å². The Morgan fingerprint density at radius 1 is 1.45 bits per heavy atom. The second kappa shape index (κ2) is 2.27. The molecule has 2 nitrogen and oxygen atoms in total. The number of alkyl halides is 1. The molecule has 0 aromatic carbocycles. The van der Waals surface area contributed by atoms with Crippen molar-refractivity contribution in [2.45, 2.75) is 18.5 Å². The minimum atomic E-state index is -1.16. The summed E-state index contributed by atoms with van der Waals surface area (Å²) in [5.41, 5.74) is -1.16. The number of carbonyl (C=O) groups excluding carboxylic acids is 1. The van der Waals surface area contributed by atoms with Gasteiger partial charge in [0.05, 0.1) is 5.92 Å². The predicted molar refractivity (Wildman–Crippen MR) is 39.1 cm³/mol. The van der Waals surface area contributed by atoms with Crippen molar-refractivity contribution in [2.24, 2.45) is 5.92 Å². The molecule has 3 fully saturated rings. The molecule has 1 atom stereocenters. The maximum absolute atomic E-state index is 13.7. The summed E-state index contributed by atoms with van der Waals surface area (Å²) < 4.78 is 13.7. The molecule has 3 aliphatic heterocycles. The summed E-state index contributed by atoms with van der Waals surface area (Å²) in [5.74, 6) is -0.356. The first kappa shape index (κ1) is 7.22. The number of piperidine rings is 3. The molecule has 3 rings (SSSR count). The molecule has 3 heteroatoms. The normalized spacial score (nSPS) is 49.2. The molecule has 0 radical (unpaired) electrons. The average Bonchev–Trinajstić information content (AvgIpc) is 2.05. The smallest absolute Gasteiger partial charge is 0.127 e. The Morgan fingerprint density at radius 3 is 2.45 bits per heavy atom. The van der Waals surface area contributed by atoms with Gasteiger partial charge in [-0.05, 0) is 12.8 Å². The van der Waals surface area contributed by atoms with Gasteiger partial charge in [0.2, 0.25) is 0 Å². The van der Waals surface area contributed by atoms with Gasteiger partial charge in [0.15, 0.2) is 0 Å². The second-order valence-corrected chi connectivity index (χ2v) is 3.58. The molecule has 0 spiro atoms. The van der Waals surface area contributed by atoms with Crippen molar-refractivity contribution in [3.63, 3.8) is 0 Å². The SMILES string of the molecule is O=CC1CN2CCC1(F)CC2. The fraction of sp³-hybridized carbons (Fsp3) is 0.875. The van der Waals surface area contributed by atoms with Crippen molar-refractivity contribution in [3.8, 4) is 0 Å². The van der Waals surface area contributed by atoms with Crippen molar-refractivity contribution >= 4 is 6.29 Å². The third-order valence-corrected chi connectivity index (χ3v) is 2.97. The quantitative estimate of drug-likeness (QED) is 0.520. The third kappa shape index (κ3) is 0.984. The minimum Gasteiger partial charge on any atom is -0.303 e. The molecule has 0 N–H and O–H groups in total. The lowest BCUT2D eigenvalue weighted by Crippen LogP contribution is -2.56. The van der Waals surface area contributed by atoms with Crippen molar-refractivity contribution in [2.75, 3.05) is 19.6 Å². The van der Waals surface area contributed by atoms with Crippen LogP contribution in [0.3, 0.4) is 0 Å². The van der Waals surface area contributed by atoms with E-state index in [1.807, 2.05) is 0 Å². The number of nitrogens with zero attached hydrogens (tertiary/aromatic N) is 1. The standard InChI is InChI=1S/C8H12FNO/c9-8-1-3-10(4-2-8)5-7(8)6-11/h6-7H,1-5H2. The summed E-state index contributed by atoms with van der Waals surface area (Å²) in [5, 5.41) is 0. The summed E-state index contributed by atoms with van der Waals surface area (Å²) in [6, 6.07) is 0. The second-order valence-electron chi connectivity index (χ2n) is 3.58. The van der Waals surface area contributed by atoms with E-state index in [1.54, 1.807) is 0 Å². The molecule has 3 saturated heterocycles. The number of hydrogen-bond donors (Lipinski definition) is 0. The van der Waals surface area contributed by atoms with Gasteiger partial charge in [-0.1, -0.05) is 0 Å². The van der Waals surface area contributed by atoms with E-state index in [9.17, 15) is 9.18 Å². The van der Waals surface area contributed by atoms with E-state index in [-0.39, 0.29) is 5.92 Å². The predicted octanol–water partition coefficient (Wildman–Crippen LogP) is 0.619. The fourth-order valence-corrected chi connectivity index (χ4v) is 2.08. The van der Waals surface area contributed by atoms with Gasteiger partial charge >= 0.3 is 0 Å². The molecule has 0 aromatic rings.